The van der Waals surface area contributed by atoms with Crippen molar-refractivity contribution in [3.63, 3.8) is 0 Å². The Hall–Kier alpha value is -0.400. The Labute approximate surface area is 128 Å². The molecular weight excluding hydrogens is 355 g/mol. The third-order valence-corrected chi connectivity index (χ3v) is 3.98. The molecule has 1 aromatic carbocycles. The number of rotatable bonds is 7. The number of benzene rings is 1. The van der Waals surface area contributed by atoms with Gasteiger partial charge in [0.1, 0.15) is 5.75 Å². The molecule has 1 N–H and O–H groups in total. The maximum atomic E-state index is 12.0. The van der Waals surface area contributed by atoms with Gasteiger partial charge in [0.25, 0.3) is 0 Å². The molecule has 0 radical (unpaired) electrons. The topological polar surface area (TPSA) is 21.3 Å². The quantitative estimate of drug-likeness (QED) is 0.722. The van der Waals surface area contributed by atoms with Crippen molar-refractivity contribution < 1.29 is 17.9 Å². The fourth-order valence-corrected chi connectivity index (χ4v) is 2.48. The molecule has 0 bridgehead atoms. The van der Waals surface area contributed by atoms with Crippen LogP contribution < -0.4 is 10.1 Å². The molecule has 0 spiro atoms. The number of hydrogen-bond donors (Lipinski definition) is 1. The first kappa shape index (κ1) is 16.0. The van der Waals surface area contributed by atoms with Crippen LogP contribution in [0, 0.1) is 0 Å². The SMILES string of the molecule is FC(F)(F)SCCOc1ccc(Br)cc1CNC1CC1. The minimum Gasteiger partial charge on any atom is -0.492 e. The van der Waals surface area contributed by atoms with Crippen LogP contribution in [0.1, 0.15) is 18.4 Å². The van der Waals surface area contributed by atoms with Crippen molar-refractivity contribution in [2.75, 3.05) is 12.4 Å². The number of nitrogens with one attached hydrogen (secondary N) is 1. The summed E-state index contributed by atoms with van der Waals surface area (Å²) in [4.78, 5) is 0. The van der Waals surface area contributed by atoms with Crippen molar-refractivity contribution in [1.82, 2.24) is 5.32 Å². The van der Waals surface area contributed by atoms with Crippen molar-refractivity contribution in [2.24, 2.45) is 0 Å². The predicted octanol–water partition coefficient (Wildman–Crippen LogP) is 4.33. The molecule has 0 saturated heterocycles. The van der Waals surface area contributed by atoms with Crippen molar-refractivity contribution in [2.45, 2.75) is 30.9 Å². The molecule has 7 heteroatoms. The van der Waals surface area contributed by atoms with Crippen LogP contribution in [0.3, 0.4) is 0 Å². The molecule has 0 amide bonds. The summed E-state index contributed by atoms with van der Waals surface area (Å²) in [6.45, 7) is 0.716. The van der Waals surface area contributed by atoms with E-state index >= 15 is 0 Å². The second-order valence-electron chi connectivity index (χ2n) is 4.55. The zero-order valence-electron chi connectivity index (χ0n) is 10.7. The van der Waals surface area contributed by atoms with Gasteiger partial charge in [0, 0.05) is 28.4 Å². The van der Waals surface area contributed by atoms with Gasteiger partial charge in [-0.3, -0.25) is 0 Å². The van der Waals surface area contributed by atoms with Gasteiger partial charge >= 0.3 is 5.51 Å². The number of ether oxygens (including phenoxy) is 1. The van der Waals surface area contributed by atoms with E-state index in [2.05, 4.69) is 21.2 Å². The molecule has 1 saturated carbocycles. The van der Waals surface area contributed by atoms with E-state index in [1.807, 2.05) is 12.1 Å². The first-order chi connectivity index (χ1) is 9.44. The molecule has 0 atom stereocenters. The van der Waals surface area contributed by atoms with Crippen LogP contribution in [0.25, 0.3) is 0 Å². The van der Waals surface area contributed by atoms with E-state index in [9.17, 15) is 13.2 Å². The standard InChI is InChI=1S/C13H15BrF3NOS/c14-10-1-4-12(19-5-6-20-13(15,16)17)9(7-10)8-18-11-2-3-11/h1,4,7,11,18H,2-3,5-6,8H2. The summed E-state index contributed by atoms with van der Waals surface area (Å²) in [6, 6.07) is 6.11. The molecule has 0 unspecified atom stereocenters. The molecule has 112 valence electrons. The number of halogens is 4. The first-order valence-corrected chi connectivity index (χ1v) is 8.07. The Bertz CT molecular complexity index is 452. The highest BCUT2D eigenvalue weighted by Gasteiger charge is 2.27. The Morgan fingerprint density at radius 1 is 1.35 bits per heavy atom. The molecule has 0 aromatic heterocycles. The normalized spacial score (nSPS) is 15.4. The van der Waals surface area contributed by atoms with E-state index in [0.29, 0.717) is 18.3 Å². The van der Waals surface area contributed by atoms with Gasteiger partial charge in [0.05, 0.1) is 6.61 Å². The molecule has 1 fully saturated rings. The Morgan fingerprint density at radius 2 is 2.10 bits per heavy atom. The first-order valence-electron chi connectivity index (χ1n) is 6.29. The molecule has 1 aliphatic carbocycles. The number of hydrogen-bond acceptors (Lipinski definition) is 3. The van der Waals surface area contributed by atoms with E-state index in [0.717, 1.165) is 10.0 Å². The average molecular weight is 370 g/mol. The van der Waals surface area contributed by atoms with Gasteiger partial charge in [0.2, 0.25) is 0 Å². The Balaban J connectivity index is 1.85. The highest BCUT2D eigenvalue weighted by Crippen LogP contribution is 2.30. The number of thioether (sulfide) groups is 1. The van der Waals surface area contributed by atoms with E-state index in [4.69, 9.17) is 4.74 Å². The second-order valence-corrected chi connectivity index (χ2v) is 6.63. The summed E-state index contributed by atoms with van der Waals surface area (Å²) >= 11 is 3.33. The van der Waals surface area contributed by atoms with E-state index in [1.54, 1.807) is 6.07 Å². The van der Waals surface area contributed by atoms with Gasteiger partial charge in [0.15, 0.2) is 0 Å². The summed E-state index contributed by atoms with van der Waals surface area (Å²) < 4.78 is 42.5. The largest absolute Gasteiger partial charge is 0.492 e. The van der Waals surface area contributed by atoms with E-state index in [1.165, 1.54) is 12.8 Å². The smallest absolute Gasteiger partial charge is 0.441 e. The fraction of sp³-hybridized carbons (Fsp3) is 0.538. The van der Waals surface area contributed by atoms with Crippen molar-refractivity contribution in [1.29, 1.82) is 0 Å². The molecule has 0 aliphatic heterocycles. The molecule has 2 nitrogen and oxygen atoms in total. The van der Waals surface area contributed by atoms with Crippen LogP contribution in [0.4, 0.5) is 13.2 Å². The number of alkyl halides is 3. The van der Waals surface area contributed by atoms with Crippen LogP contribution in [0.2, 0.25) is 0 Å². The monoisotopic (exact) mass is 369 g/mol. The van der Waals surface area contributed by atoms with Crippen molar-refractivity contribution in [3.05, 3.63) is 28.2 Å². The van der Waals surface area contributed by atoms with Gasteiger partial charge in [-0.05, 0) is 42.8 Å². The third-order valence-electron chi connectivity index (χ3n) is 2.79. The zero-order valence-corrected chi connectivity index (χ0v) is 13.1. The molecule has 20 heavy (non-hydrogen) atoms. The molecule has 1 aliphatic rings. The molecular formula is C13H15BrF3NOS. The zero-order chi connectivity index (χ0) is 14.6. The Morgan fingerprint density at radius 3 is 2.75 bits per heavy atom. The highest BCUT2D eigenvalue weighted by molar-refractivity contribution is 9.10. The minimum atomic E-state index is -4.20. The molecule has 0 heterocycles. The molecule has 2 rings (SSSR count). The van der Waals surface area contributed by atoms with Crippen molar-refractivity contribution in [3.8, 4) is 5.75 Å². The second kappa shape index (κ2) is 7.04. The van der Waals surface area contributed by atoms with E-state index < -0.39 is 5.51 Å². The minimum absolute atomic E-state index is 0.0439. The predicted molar refractivity (Wildman–Crippen MR) is 78.0 cm³/mol. The van der Waals surface area contributed by atoms with Gasteiger partial charge < -0.3 is 10.1 Å². The summed E-state index contributed by atoms with van der Waals surface area (Å²) in [5.41, 5.74) is -3.23. The van der Waals surface area contributed by atoms with Crippen LogP contribution in [0.15, 0.2) is 22.7 Å². The van der Waals surface area contributed by atoms with Gasteiger partial charge in [-0.2, -0.15) is 13.2 Å². The van der Waals surface area contributed by atoms with Crippen LogP contribution >= 0.6 is 27.7 Å². The van der Waals surface area contributed by atoms with Gasteiger partial charge in [-0.1, -0.05) is 15.9 Å². The third kappa shape index (κ3) is 5.93. The summed E-state index contributed by atoms with van der Waals surface area (Å²) in [6.07, 6.45) is 2.37. The average Bonchev–Trinajstić information content (AvgIpc) is 3.16. The van der Waals surface area contributed by atoms with Crippen LogP contribution in [-0.2, 0) is 6.54 Å². The Kier molecular flexibility index (Phi) is 5.63. The lowest BCUT2D eigenvalue weighted by Gasteiger charge is -2.13. The maximum absolute atomic E-state index is 12.0. The highest BCUT2D eigenvalue weighted by atomic mass is 79.9. The van der Waals surface area contributed by atoms with Crippen molar-refractivity contribution >= 4 is 27.7 Å². The van der Waals surface area contributed by atoms with Crippen LogP contribution in [-0.4, -0.2) is 23.9 Å². The molecule has 1 aromatic rings. The lowest BCUT2D eigenvalue weighted by Crippen LogP contribution is -2.16. The van der Waals surface area contributed by atoms with E-state index in [-0.39, 0.29) is 24.1 Å². The van der Waals surface area contributed by atoms with Gasteiger partial charge in [-0.25, -0.2) is 0 Å². The fourth-order valence-electron chi connectivity index (χ4n) is 1.68. The summed E-state index contributed by atoms with van der Waals surface area (Å²) in [5, 5.41) is 3.37. The summed E-state index contributed by atoms with van der Waals surface area (Å²) in [7, 11) is 0. The van der Waals surface area contributed by atoms with Crippen LogP contribution in [0.5, 0.6) is 5.75 Å². The lowest BCUT2D eigenvalue weighted by atomic mass is 10.2. The lowest BCUT2D eigenvalue weighted by molar-refractivity contribution is -0.0329. The summed E-state index contributed by atoms with van der Waals surface area (Å²) in [5.74, 6) is 0.541. The van der Waals surface area contributed by atoms with Gasteiger partial charge in [-0.15, -0.1) is 0 Å². The maximum Gasteiger partial charge on any atom is 0.441 e.